The normalized spacial score (nSPS) is 12.0. The molecule has 1 heterocycles. The van der Waals surface area contributed by atoms with Crippen LogP contribution in [0.1, 0.15) is 35.9 Å². The first-order chi connectivity index (χ1) is 11.3. The first kappa shape index (κ1) is 17.9. The number of aromatic nitrogens is 3. The Morgan fingerprint density at radius 2 is 2.17 bits per heavy atom. The molecule has 2 aromatic rings. The molecule has 1 aromatic carbocycles. The topological polar surface area (TPSA) is 97.1 Å². The summed E-state index contributed by atoms with van der Waals surface area (Å²) in [5.41, 5.74) is 1.04. The number of nitrogens with one attached hydrogen (secondary N) is 1. The highest BCUT2D eigenvalue weighted by molar-refractivity contribution is 6.30. The fourth-order valence-electron chi connectivity index (χ4n) is 2.11. The van der Waals surface area contributed by atoms with E-state index in [1.165, 1.54) is 22.9 Å². The summed E-state index contributed by atoms with van der Waals surface area (Å²) in [4.78, 5) is 22.8. The zero-order valence-electron chi connectivity index (χ0n) is 13.1. The number of amides is 1. The standard InChI is InChI=1S/C15H16ClFN4O3/c1-8(3-6-13(22)23)18-15(24)14-9(2)21(20-19-14)10-4-5-12(17)11(16)7-10/h4-5,7-8H,3,6H2,1-2H3,(H,18,24)(H,22,23). The molecular formula is C15H16ClFN4O3. The van der Waals surface area contributed by atoms with Crippen LogP contribution in [0.5, 0.6) is 0 Å². The van der Waals surface area contributed by atoms with Gasteiger partial charge in [0.1, 0.15) is 5.82 Å². The number of carbonyl (C=O) groups excluding carboxylic acids is 1. The van der Waals surface area contributed by atoms with Crippen molar-refractivity contribution in [3.8, 4) is 5.69 Å². The summed E-state index contributed by atoms with van der Waals surface area (Å²) in [6, 6.07) is 3.74. The quantitative estimate of drug-likeness (QED) is 0.830. The molecule has 7 nitrogen and oxygen atoms in total. The van der Waals surface area contributed by atoms with Gasteiger partial charge in [0, 0.05) is 12.5 Å². The van der Waals surface area contributed by atoms with Crippen molar-refractivity contribution in [3.63, 3.8) is 0 Å². The lowest BCUT2D eigenvalue weighted by Crippen LogP contribution is -2.33. The van der Waals surface area contributed by atoms with Crippen molar-refractivity contribution in [1.29, 1.82) is 0 Å². The molecule has 2 rings (SSSR count). The summed E-state index contributed by atoms with van der Waals surface area (Å²) in [6.45, 7) is 3.36. The smallest absolute Gasteiger partial charge is 0.303 e. The molecule has 24 heavy (non-hydrogen) atoms. The second-order valence-electron chi connectivity index (χ2n) is 5.34. The molecule has 0 aliphatic carbocycles. The van der Waals surface area contributed by atoms with Crippen molar-refractivity contribution < 1.29 is 19.1 Å². The van der Waals surface area contributed by atoms with Crippen LogP contribution in [0.3, 0.4) is 0 Å². The van der Waals surface area contributed by atoms with Crippen LogP contribution in [0.15, 0.2) is 18.2 Å². The lowest BCUT2D eigenvalue weighted by atomic mass is 10.2. The number of aliphatic carboxylic acids is 1. The van der Waals surface area contributed by atoms with E-state index in [0.29, 0.717) is 17.8 Å². The van der Waals surface area contributed by atoms with Crippen LogP contribution < -0.4 is 5.32 Å². The molecule has 0 saturated carbocycles. The maximum absolute atomic E-state index is 13.2. The number of hydrogen-bond donors (Lipinski definition) is 2. The number of nitrogens with zero attached hydrogens (tertiary/aromatic N) is 3. The monoisotopic (exact) mass is 354 g/mol. The van der Waals surface area contributed by atoms with Gasteiger partial charge in [-0.15, -0.1) is 5.10 Å². The minimum absolute atomic E-state index is 0.0405. The van der Waals surface area contributed by atoms with E-state index in [9.17, 15) is 14.0 Å². The summed E-state index contributed by atoms with van der Waals surface area (Å²) in [5.74, 6) is -1.93. The van der Waals surface area contributed by atoms with E-state index in [-0.39, 0.29) is 23.2 Å². The molecule has 128 valence electrons. The van der Waals surface area contributed by atoms with Gasteiger partial charge in [-0.25, -0.2) is 9.07 Å². The molecule has 0 radical (unpaired) electrons. The van der Waals surface area contributed by atoms with Gasteiger partial charge in [-0.2, -0.15) is 0 Å². The van der Waals surface area contributed by atoms with E-state index in [2.05, 4.69) is 15.6 Å². The average Bonchev–Trinajstić information content (AvgIpc) is 2.90. The van der Waals surface area contributed by atoms with E-state index in [1.807, 2.05) is 0 Å². The molecule has 0 aliphatic rings. The Morgan fingerprint density at radius 3 is 2.79 bits per heavy atom. The molecule has 0 bridgehead atoms. The Bertz CT molecular complexity index is 778. The fourth-order valence-corrected chi connectivity index (χ4v) is 2.28. The Hall–Kier alpha value is -2.48. The molecule has 0 saturated heterocycles. The van der Waals surface area contributed by atoms with Crippen LogP contribution in [0, 0.1) is 12.7 Å². The lowest BCUT2D eigenvalue weighted by molar-refractivity contribution is -0.137. The molecule has 0 spiro atoms. The predicted molar refractivity (Wildman–Crippen MR) is 84.9 cm³/mol. The maximum atomic E-state index is 13.2. The third-order valence-electron chi connectivity index (χ3n) is 3.43. The summed E-state index contributed by atoms with van der Waals surface area (Å²) in [7, 11) is 0. The molecule has 2 N–H and O–H groups in total. The van der Waals surface area contributed by atoms with Gasteiger partial charge in [0.2, 0.25) is 0 Å². The number of carboxylic acids is 1. The number of hydrogen-bond acceptors (Lipinski definition) is 4. The van der Waals surface area contributed by atoms with Gasteiger partial charge in [-0.3, -0.25) is 9.59 Å². The van der Waals surface area contributed by atoms with Crippen LogP contribution in [0.25, 0.3) is 5.69 Å². The largest absolute Gasteiger partial charge is 0.481 e. The van der Waals surface area contributed by atoms with Crippen molar-refractivity contribution in [1.82, 2.24) is 20.3 Å². The van der Waals surface area contributed by atoms with Gasteiger partial charge in [0.25, 0.3) is 5.91 Å². The molecule has 1 atom stereocenters. The first-order valence-corrected chi connectivity index (χ1v) is 7.57. The van der Waals surface area contributed by atoms with Gasteiger partial charge in [-0.1, -0.05) is 16.8 Å². The van der Waals surface area contributed by atoms with Crippen molar-refractivity contribution in [2.75, 3.05) is 0 Å². The van der Waals surface area contributed by atoms with Gasteiger partial charge >= 0.3 is 5.97 Å². The van der Waals surface area contributed by atoms with Crippen LogP contribution in [-0.4, -0.2) is 38.0 Å². The van der Waals surface area contributed by atoms with Crippen molar-refractivity contribution in [2.24, 2.45) is 0 Å². The fraction of sp³-hybridized carbons (Fsp3) is 0.333. The van der Waals surface area contributed by atoms with Gasteiger partial charge in [0.15, 0.2) is 5.69 Å². The maximum Gasteiger partial charge on any atom is 0.303 e. The third-order valence-corrected chi connectivity index (χ3v) is 3.72. The Morgan fingerprint density at radius 1 is 1.46 bits per heavy atom. The predicted octanol–water partition coefficient (Wildman–Crippen LogP) is 2.35. The number of halogens is 2. The molecule has 9 heteroatoms. The molecule has 1 amide bonds. The highest BCUT2D eigenvalue weighted by Gasteiger charge is 2.19. The summed E-state index contributed by atoms with van der Waals surface area (Å²) < 4.78 is 14.6. The number of carbonyl (C=O) groups is 2. The molecular weight excluding hydrogens is 339 g/mol. The Balaban J connectivity index is 2.15. The van der Waals surface area contributed by atoms with Gasteiger partial charge in [-0.05, 0) is 38.5 Å². The molecule has 0 aliphatic heterocycles. The molecule has 0 fully saturated rings. The lowest BCUT2D eigenvalue weighted by Gasteiger charge is -2.11. The van der Waals surface area contributed by atoms with Crippen LogP contribution in [0.4, 0.5) is 4.39 Å². The third kappa shape index (κ3) is 4.08. The average molecular weight is 355 g/mol. The van der Waals surface area contributed by atoms with E-state index in [0.717, 1.165) is 0 Å². The number of rotatable bonds is 6. The minimum atomic E-state index is -0.925. The van der Waals surface area contributed by atoms with E-state index in [4.69, 9.17) is 16.7 Å². The second-order valence-corrected chi connectivity index (χ2v) is 5.75. The highest BCUT2D eigenvalue weighted by atomic mass is 35.5. The first-order valence-electron chi connectivity index (χ1n) is 7.20. The number of carboxylic acid groups (broad SMARTS) is 1. The number of benzene rings is 1. The molecule has 1 unspecified atom stereocenters. The SMILES string of the molecule is Cc1c(C(=O)NC(C)CCC(=O)O)nnn1-c1ccc(F)c(Cl)c1. The molecule has 1 aromatic heterocycles. The Labute approximate surface area is 142 Å². The van der Waals surface area contributed by atoms with Gasteiger partial charge in [0.05, 0.1) is 16.4 Å². The van der Waals surface area contributed by atoms with Crippen molar-refractivity contribution >= 4 is 23.5 Å². The van der Waals surface area contributed by atoms with Crippen molar-refractivity contribution in [2.45, 2.75) is 32.7 Å². The summed E-state index contributed by atoms with van der Waals surface area (Å²) in [6.07, 6.45) is 0.267. The zero-order chi connectivity index (χ0) is 17.9. The van der Waals surface area contributed by atoms with E-state index >= 15 is 0 Å². The highest BCUT2D eigenvalue weighted by Crippen LogP contribution is 2.20. The van der Waals surface area contributed by atoms with Crippen molar-refractivity contribution in [3.05, 3.63) is 40.4 Å². The summed E-state index contributed by atoms with van der Waals surface area (Å²) in [5, 5.41) is 19.0. The van der Waals surface area contributed by atoms with E-state index < -0.39 is 17.7 Å². The second kappa shape index (κ2) is 7.39. The van der Waals surface area contributed by atoms with Gasteiger partial charge < -0.3 is 10.4 Å². The van der Waals surface area contributed by atoms with Crippen LogP contribution >= 0.6 is 11.6 Å². The van der Waals surface area contributed by atoms with Crippen LogP contribution in [-0.2, 0) is 4.79 Å². The van der Waals surface area contributed by atoms with E-state index in [1.54, 1.807) is 13.8 Å². The minimum Gasteiger partial charge on any atom is -0.481 e. The Kier molecular flexibility index (Phi) is 5.50. The zero-order valence-corrected chi connectivity index (χ0v) is 13.8. The summed E-state index contributed by atoms with van der Waals surface area (Å²) >= 11 is 5.75. The van der Waals surface area contributed by atoms with Crippen LogP contribution in [0.2, 0.25) is 5.02 Å².